The Morgan fingerprint density at radius 1 is 1.10 bits per heavy atom. The lowest BCUT2D eigenvalue weighted by Gasteiger charge is -2.37. The lowest BCUT2D eigenvalue weighted by atomic mass is 10.1. The second kappa shape index (κ2) is 11.4. The minimum atomic E-state index is -0.552. The summed E-state index contributed by atoms with van der Waals surface area (Å²) >= 11 is 0. The number of amides is 2. The van der Waals surface area contributed by atoms with E-state index in [1.54, 1.807) is 41.8 Å². The third-order valence-corrected chi connectivity index (χ3v) is 6.84. The van der Waals surface area contributed by atoms with Gasteiger partial charge >= 0.3 is 6.09 Å². The average molecular weight is 566 g/mol. The first kappa shape index (κ1) is 28.3. The molecule has 1 aliphatic rings. The molecule has 0 atom stereocenters. The third-order valence-electron chi connectivity index (χ3n) is 6.84. The average Bonchev–Trinajstić information content (AvgIpc) is 3.50. The number of methoxy groups -OCH3 is 1. The highest BCUT2D eigenvalue weighted by Gasteiger charge is 2.27. The second-order valence-electron chi connectivity index (χ2n) is 11.2. The van der Waals surface area contributed by atoms with E-state index in [0.29, 0.717) is 61.8 Å². The van der Waals surface area contributed by atoms with E-state index in [1.165, 1.54) is 6.07 Å². The summed E-state index contributed by atoms with van der Waals surface area (Å²) in [6.07, 6.45) is 5.72. The molecule has 4 heterocycles. The molecule has 3 aromatic heterocycles. The summed E-state index contributed by atoms with van der Waals surface area (Å²) in [6, 6.07) is 4.92. The highest BCUT2D eigenvalue weighted by atomic mass is 19.1. The summed E-state index contributed by atoms with van der Waals surface area (Å²) in [4.78, 5) is 34.1. The quantitative estimate of drug-likeness (QED) is 0.330. The Morgan fingerprint density at radius 2 is 1.85 bits per heavy atom. The molecule has 0 radical (unpaired) electrons. The van der Waals surface area contributed by atoms with E-state index in [0.717, 1.165) is 17.5 Å². The molecule has 1 aliphatic heterocycles. The fourth-order valence-corrected chi connectivity index (χ4v) is 4.99. The smallest absolute Gasteiger partial charge is 0.410 e. The molecule has 41 heavy (non-hydrogen) atoms. The van der Waals surface area contributed by atoms with Gasteiger partial charge in [0.2, 0.25) is 0 Å². The molecule has 5 rings (SSSR count). The maximum atomic E-state index is 14.6. The SMILES string of the molecule is COCCCn1cc2c(N3CCN(C(=O)OC(C)(C)C)CC3)ccc(C(=O)Nc3cc(F)c4nc(C)cn4c3)c2n1. The number of aromatic nitrogens is 4. The predicted octanol–water partition coefficient (Wildman–Crippen LogP) is 4.48. The normalized spacial score (nSPS) is 14.2. The molecule has 1 fully saturated rings. The number of piperazine rings is 1. The first-order chi connectivity index (χ1) is 19.5. The molecule has 0 aliphatic carbocycles. The number of anilines is 2. The number of fused-ring (bicyclic) bond motifs is 2. The lowest BCUT2D eigenvalue weighted by Crippen LogP contribution is -2.50. The fourth-order valence-electron chi connectivity index (χ4n) is 4.99. The van der Waals surface area contributed by atoms with Crippen LogP contribution in [0.5, 0.6) is 0 Å². The van der Waals surface area contributed by atoms with Gasteiger partial charge in [0.15, 0.2) is 11.5 Å². The molecular formula is C29H36FN7O4. The molecule has 2 amide bonds. The summed E-state index contributed by atoms with van der Waals surface area (Å²) in [6.45, 7) is 10.8. The zero-order chi connectivity index (χ0) is 29.3. The van der Waals surface area contributed by atoms with Crippen LogP contribution in [0.25, 0.3) is 16.6 Å². The standard InChI is InChI=1S/C29H36FN7O4/c1-19-16-36-17-20(15-23(30)26(36)31-19)32-27(38)21-7-8-24(22-18-37(33-25(21)22)9-6-14-40-5)34-10-12-35(13-11-34)28(39)41-29(2,3)4/h7-8,15-18H,6,9-14H2,1-5H3,(H,32,38). The van der Waals surface area contributed by atoms with Crippen molar-refractivity contribution >= 4 is 39.9 Å². The maximum Gasteiger partial charge on any atom is 0.410 e. The first-order valence-corrected chi connectivity index (χ1v) is 13.7. The van der Waals surface area contributed by atoms with Crippen molar-refractivity contribution in [1.29, 1.82) is 0 Å². The van der Waals surface area contributed by atoms with Gasteiger partial charge in [0.05, 0.1) is 16.9 Å². The maximum absolute atomic E-state index is 14.6. The van der Waals surface area contributed by atoms with Gasteiger partial charge in [-0.05, 0) is 46.2 Å². The molecule has 0 unspecified atom stereocenters. The van der Waals surface area contributed by atoms with Crippen LogP contribution in [0.3, 0.4) is 0 Å². The van der Waals surface area contributed by atoms with Gasteiger partial charge < -0.3 is 29.0 Å². The summed E-state index contributed by atoms with van der Waals surface area (Å²) in [5.74, 6) is -0.918. The molecule has 0 spiro atoms. The van der Waals surface area contributed by atoms with Gasteiger partial charge in [-0.25, -0.2) is 14.2 Å². The van der Waals surface area contributed by atoms with Crippen LogP contribution in [0.1, 0.15) is 43.2 Å². The van der Waals surface area contributed by atoms with Crippen LogP contribution < -0.4 is 10.2 Å². The molecule has 1 saturated heterocycles. The number of pyridine rings is 1. The molecule has 218 valence electrons. The minimum Gasteiger partial charge on any atom is -0.444 e. The largest absolute Gasteiger partial charge is 0.444 e. The van der Waals surface area contributed by atoms with Crippen molar-refractivity contribution in [2.45, 2.75) is 46.3 Å². The number of hydrogen-bond acceptors (Lipinski definition) is 7. The van der Waals surface area contributed by atoms with E-state index >= 15 is 0 Å². The number of nitrogens with one attached hydrogen (secondary N) is 1. The molecule has 0 bridgehead atoms. The Labute approximate surface area is 237 Å². The fraction of sp³-hybridized carbons (Fsp3) is 0.448. The van der Waals surface area contributed by atoms with Crippen molar-refractivity contribution in [1.82, 2.24) is 24.1 Å². The van der Waals surface area contributed by atoms with Crippen LogP contribution in [0.4, 0.5) is 20.6 Å². The highest BCUT2D eigenvalue weighted by molar-refractivity contribution is 6.13. The Kier molecular flexibility index (Phi) is 7.85. The number of rotatable bonds is 7. The van der Waals surface area contributed by atoms with Crippen LogP contribution in [-0.4, -0.2) is 81.6 Å². The zero-order valence-electron chi connectivity index (χ0n) is 24.1. The Hall–Kier alpha value is -4.19. The minimum absolute atomic E-state index is 0.203. The Morgan fingerprint density at radius 3 is 2.56 bits per heavy atom. The van der Waals surface area contributed by atoms with E-state index < -0.39 is 17.3 Å². The monoisotopic (exact) mass is 565 g/mol. The summed E-state index contributed by atoms with van der Waals surface area (Å²) in [5, 5.41) is 8.40. The highest BCUT2D eigenvalue weighted by Crippen LogP contribution is 2.31. The van der Waals surface area contributed by atoms with E-state index in [-0.39, 0.29) is 11.7 Å². The number of nitrogens with zero attached hydrogens (tertiary/aromatic N) is 6. The van der Waals surface area contributed by atoms with Crippen LogP contribution in [0.2, 0.25) is 0 Å². The number of hydrogen-bond donors (Lipinski definition) is 1. The second-order valence-corrected chi connectivity index (χ2v) is 11.2. The number of carbonyl (C=O) groups excluding carboxylic acids is 2. The summed E-state index contributed by atoms with van der Waals surface area (Å²) in [7, 11) is 1.66. The van der Waals surface area contributed by atoms with Crippen molar-refractivity contribution in [2.24, 2.45) is 0 Å². The molecule has 12 heteroatoms. The van der Waals surface area contributed by atoms with Crippen LogP contribution in [0.15, 0.2) is 36.8 Å². The summed E-state index contributed by atoms with van der Waals surface area (Å²) < 4.78 is 28.7. The Bertz CT molecular complexity index is 1580. The van der Waals surface area contributed by atoms with Crippen molar-refractivity contribution < 1.29 is 23.5 Å². The number of halogens is 1. The van der Waals surface area contributed by atoms with Gasteiger partial charge in [-0.15, -0.1) is 0 Å². The van der Waals surface area contributed by atoms with Gasteiger partial charge in [0.1, 0.15) is 11.1 Å². The van der Waals surface area contributed by atoms with Gasteiger partial charge in [-0.1, -0.05) is 0 Å². The van der Waals surface area contributed by atoms with Crippen molar-refractivity contribution in [3.63, 3.8) is 0 Å². The number of benzene rings is 1. The first-order valence-electron chi connectivity index (χ1n) is 13.7. The lowest BCUT2D eigenvalue weighted by molar-refractivity contribution is 0.0240. The molecule has 1 N–H and O–H groups in total. The number of ether oxygens (including phenoxy) is 2. The van der Waals surface area contributed by atoms with Crippen molar-refractivity contribution in [2.75, 3.05) is 50.1 Å². The van der Waals surface area contributed by atoms with E-state index in [2.05, 4.69) is 15.2 Å². The molecule has 0 saturated carbocycles. The Balaban J connectivity index is 1.41. The summed E-state index contributed by atoms with van der Waals surface area (Å²) in [5.41, 5.74) is 2.50. The predicted molar refractivity (Wildman–Crippen MR) is 154 cm³/mol. The van der Waals surface area contributed by atoms with Gasteiger partial charge in [0, 0.05) is 82.2 Å². The van der Waals surface area contributed by atoms with E-state index in [9.17, 15) is 14.0 Å². The topological polar surface area (TPSA) is 106 Å². The molecule has 11 nitrogen and oxygen atoms in total. The molecule has 1 aromatic carbocycles. The van der Waals surface area contributed by atoms with Gasteiger partial charge in [-0.3, -0.25) is 9.48 Å². The third kappa shape index (κ3) is 6.27. The van der Waals surface area contributed by atoms with Gasteiger partial charge in [0.25, 0.3) is 5.91 Å². The molecule has 4 aromatic rings. The van der Waals surface area contributed by atoms with Crippen molar-refractivity contribution in [3.05, 3.63) is 53.9 Å². The van der Waals surface area contributed by atoms with Crippen molar-refractivity contribution in [3.8, 4) is 0 Å². The zero-order valence-corrected chi connectivity index (χ0v) is 24.1. The van der Waals surface area contributed by atoms with Crippen LogP contribution in [0, 0.1) is 12.7 Å². The van der Waals surface area contributed by atoms with E-state index in [4.69, 9.17) is 14.6 Å². The number of imidazole rings is 1. The number of aryl methyl sites for hydroxylation is 2. The number of carbonyl (C=O) groups is 2. The molecular weight excluding hydrogens is 529 g/mol. The van der Waals surface area contributed by atoms with Gasteiger partial charge in [-0.2, -0.15) is 5.10 Å². The van der Waals surface area contributed by atoms with Crippen LogP contribution >= 0.6 is 0 Å². The van der Waals surface area contributed by atoms with Crippen LogP contribution in [-0.2, 0) is 16.0 Å². The van der Waals surface area contributed by atoms with E-state index in [1.807, 2.05) is 37.7 Å².